The summed E-state index contributed by atoms with van der Waals surface area (Å²) >= 11 is 0. The summed E-state index contributed by atoms with van der Waals surface area (Å²) in [7, 11) is 1.58. The van der Waals surface area contributed by atoms with Gasteiger partial charge < -0.3 is 9.84 Å². The highest BCUT2D eigenvalue weighted by Crippen LogP contribution is 2.51. The van der Waals surface area contributed by atoms with Gasteiger partial charge in [-0.2, -0.15) is 5.26 Å². The van der Waals surface area contributed by atoms with Gasteiger partial charge in [-0.25, -0.2) is 0 Å². The van der Waals surface area contributed by atoms with E-state index in [1.54, 1.807) is 7.11 Å². The molecule has 3 unspecified atom stereocenters. The van der Waals surface area contributed by atoms with Crippen LogP contribution in [0.1, 0.15) is 44.6 Å². The van der Waals surface area contributed by atoms with Crippen LogP contribution in [-0.4, -0.2) is 18.8 Å². The van der Waals surface area contributed by atoms with Crippen LogP contribution in [0.4, 0.5) is 0 Å². The molecule has 0 saturated heterocycles. The summed E-state index contributed by atoms with van der Waals surface area (Å²) in [4.78, 5) is 0. The normalized spacial score (nSPS) is 28.6. The Balaban J connectivity index is 2.46. The molecule has 0 radical (unpaired) electrons. The molecule has 21 heavy (non-hydrogen) atoms. The molecule has 114 valence electrons. The molecule has 1 aliphatic carbocycles. The molecule has 1 fully saturated rings. The molecule has 0 aromatic heterocycles. The van der Waals surface area contributed by atoms with Gasteiger partial charge >= 0.3 is 0 Å². The summed E-state index contributed by atoms with van der Waals surface area (Å²) in [5, 5.41) is 21.3. The first-order valence-corrected chi connectivity index (χ1v) is 7.80. The monoisotopic (exact) mass is 287 g/mol. The Hall–Kier alpha value is -1.37. The van der Waals surface area contributed by atoms with Crippen molar-refractivity contribution in [3.8, 4) is 6.07 Å². The fraction of sp³-hybridized carbons (Fsp3) is 0.611. The van der Waals surface area contributed by atoms with Crippen LogP contribution in [0.2, 0.25) is 0 Å². The highest BCUT2D eigenvalue weighted by molar-refractivity contribution is 5.30. The first kappa shape index (κ1) is 16.0. The van der Waals surface area contributed by atoms with Gasteiger partial charge in [0, 0.05) is 7.11 Å². The maximum absolute atomic E-state index is 11.4. The Kier molecular flexibility index (Phi) is 5.03. The minimum Gasteiger partial charge on any atom is -0.381 e. The van der Waals surface area contributed by atoms with E-state index in [-0.39, 0.29) is 6.61 Å². The third-order valence-corrected chi connectivity index (χ3v) is 5.04. The van der Waals surface area contributed by atoms with E-state index in [2.05, 4.69) is 13.0 Å². The molecular formula is C18H25NO2. The van der Waals surface area contributed by atoms with E-state index in [0.717, 1.165) is 37.7 Å². The molecule has 3 atom stereocenters. The highest BCUT2D eigenvalue weighted by atomic mass is 16.5. The average molecular weight is 287 g/mol. The number of methoxy groups -OCH3 is 1. The zero-order valence-corrected chi connectivity index (χ0v) is 13.0. The molecule has 1 aromatic rings. The number of hydrogen-bond acceptors (Lipinski definition) is 3. The van der Waals surface area contributed by atoms with Crippen molar-refractivity contribution >= 4 is 0 Å². The second-order valence-corrected chi connectivity index (χ2v) is 6.22. The summed E-state index contributed by atoms with van der Waals surface area (Å²) in [5.41, 5.74) is -1.22. The van der Waals surface area contributed by atoms with Gasteiger partial charge in [-0.3, -0.25) is 0 Å². The molecular weight excluding hydrogens is 262 g/mol. The lowest BCUT2D eigenvalue weighted by Gasteiger charge is -2.47. The van der Waals surface area contributed by atoms with Crippen LogP contribution in [0.25, 0.3) is 0 Å². The Morgan fingerprint density at radius 2 is 2.14 bits per heavy atom. The summed E-state index contributed by atoms with van der Waals surface area (Å²) < 4.78 is 5.31. The molecule has 0 aliphatic heterocycles. The predicted octanol–water partition coefficient (Wildman–Crippen LogP) is 3.63. The van der Waals surface area contributed by atoms with Crippen LogP contribution in [-0.2, 0) is 10.3 Å². The van der Waals surface area contributed by atoms with Gasteiger partial charge in [0.05, 0.1) is 18.1 Å². The Morgan fingerprint density at radius 1 is 1.43 bits per heavy atom. The van der Waals surface area contributed by atoms with Crippen LogP contribution in [0.15, 0.2) is 30.3 Å². The van der Waals surface area contributed by atoms with Crippen molar-refractivity contribution in [2.75, 3.05) is 13.7 Å². The summed E-state index contributed by atoms with van der Waals surface area (Å²) in [6, 6.07) is 12.0. The van der Waals surface area contributed by atoms with Crippen LogP contribution >= 0.6 is 0 Å². The molecule has 0 heterocycles. The van der Waals surface area contributed by atoms with Crippen molar-refractivity contribution in [1.82, 2.24) is 0 Å². The molecule has 1 aliphatic rings. The first-order chi connectivity index (χ1) is 10.1. The number of aliphatic hydroxyl groups is 1. The first-order valence-electron chi connectivity index (χ1n) is 7.80. The Bertz CT molecular complexity index is 496. The van der Waals surface area contributed by atoms with Crippen LogP contribution in [0.3, 0.4) is 0 Å². The Labute approximate surface area is 127 Å². The van der Waals surface area contributed by atoms with E-state index in [0.29, 0.717) is 5.92 Å². The van der Waals surface area contributed by atoms with Gasteiger partial charge in [0.25, 0.3) is 0 Å². The fourth-order valence-electron chi connectivity index (χ4n) is 3.73. The minimum atomic E-state index is -1.24. The fourth-order valence-corrected chi connectivity index (χ4v) is 3.73. The van der Waals surface area contributed by atoms with Gasteiger partial charge in [0.1, 0.15) is 5.60 Å². The van der Waals surface area contributed by atoms with Gasteiger partial charge in [0.15, 0.2) is 0 Å². The number of benzene rings is 1. The van der Waals surface area contributed by atoms with E-state index in [1.165, 1.54) is 0 Å². The van der Waals surface area contributed by atoms with E-state index < -0.39 is 11.0 Å². The molecule has 0 spiro atoms. The third-order valence-electron chi connectivity index (χ3n) is 5.04. The van der Waals surface area contributed by atoms with Crippen LogP contribution in [0.5, 0.6) is 0 Å². The molecule has 0 amide bonds. The SMILES string of the molecule is CCC1CCCC(C#N)(C(O)(COC)c2ccccc2)C1. The van der Waals surface area contributed by atoms with Crippen molar-refractivity contribution in [3.63, 3.8) is 0 Å². The lowest BCUT2D eigenvalue weighted by Crippen LogP contribution is -2.50. The largest absolute Gasteiger partial charge is 0.381 e. The number of nitrogens with zero attached hydrogens (tertiary/aromatic N) is 1. The van der Waals surface area contributed by atoms with Crippen molar-refractivity contribution in [1.29, 1.82) is 5.26 Å². The zero-order valence-electron chi connectivity index (χ0n) is 13.0. The maximum Gasteiger partial charge on any atom is 0.131 e. The summed E-state index contributed by atoms with van der Waals surface area (Å²) in [6.45, 7) is 2.32. The van der Waals surface area contributed by atoms with E-state index >= 15 is 0 Å². The highest BCUT2D eigenvalue weighted by Gasteiger charge is 2.53. The minimum absolute atomic E-state index is 0.154. The Morgan fingerprint density at radius 3 is 2.71 bits per heavy atom. The van der Waals surface area contributed by atoms with E-state index in [4.69, 9.17) is 4.74 Å². The molecule has 1 N–H and O–H groups in total. The molecule has 1 aromatic carbocycles. The molecule has 3 heteroatoms. The van der Waals surface area contributed by atoms with Gasteiger partial charge in [-0.1, -0.05) is 56.5 Å². The third kappa shape index (κ3) is 2.84. The van der Waals surface area contributed by atoms with Crippen molar-refractivity contribution < 1.29 is 9.84 Å². The maximum atomic E-state index is 11.4. The van der Waals surface area contributed by atoms with Gasteiger partial charge in [0.2, 0.25) is 0 Å². The second kappa shape index (κ2) is 6.60. The number of ether oxygens (including phenoxy) is 1. The van der Waals surface area contributed by atoms with Crippen molar-refractivity contribution in [2.45, 2.75) is 44.6 Å². The van der Waals surface area contributed by atoms with Crippen molar-refractivity contribution in [2.24, 2.45) is 11.3 Å². The zero-order chi connectivity index (χ0) is 15.3. The van der Waals surface area contributed by atoms with Gasteiger partial charge in [-0.05, 0) is 24.3 Å². The van der Waals surface area contributed by atoms with E-state index in [9.17, 15) is 10.4 Å². The quantitative estimate of drug-likeness (QED) is 0.899. The predicted molar refractivity (Wildman–Crippen MR) is 82.5 cm³/mol. The van der Waals surface area contributed by atoms with Gasteiger partial charge in [-0.15, -0.1) is 0 Å². The van der Waals surface area contributed by atoms with Crippen molar-refractivity contribution in [3.05, 3.63) is 35.9 Å². The molecule has 3 nitrogen and oxygen atoms in total. The molecule has 2 rings (SSSR count). The number of hydrogen-bond donors (Lipinski definition) is 1. The lowest BCUT2D eigenvalue weighted by atomic mass is 9.59. The number of nitriles is 1. The number of rotatable bonds is 5. The smallest absolute Gasteiger partial charge is 0.131 e. The topological polar surface area (TPSA) is 53.2 Å². The second-order valence-electron chi connectivity index (χ2n) is 6.22. The summed E-state index contributed by atoms with van der Waals surface area (Å²) in [6.07, 6.45) is 4.67. The van der Waals surface area contributed by atoms with E-state index in [1.807, 2.05) is 30.3 Å². The van der Waals surface area contributed by atoms with Crippen LogP contribution in [0, 0.1) is 22.7 Å². The standard InChI is InChI=1S/C18H25NO2/c1-3-15-8-7-11-17(12-15,13-19)18(20,14-21-2)16-9-5-4-6-10-16/h4-6,9-10,15,20H,3,7-8,11-12,14H2,1-2H3. The van der Waals surface area contributed by atoms with Crippen LogP contribution < -0.4 is 0 Å². The summed E-state index contributed by atoms with van der Waals surface area (Å²) in [5.74, 6) is 0.505. The molecule has 0 bridgehead atoms. The lowest BCUT2D eigenvalue weighted by molar-refractivity contribution is -0.128. The average Bonchev–Trinajstić information content (AvgIpc) is 2.55. The molecule has 1 saturated carbocycles.